The van der Waals surface area contributed by atoms with E-state index in [0.717, 1.165) is 115 Å². The van der Waals surface area contributed by atoms with E-state index in [-0.39, 0.29) is 12.8 Å². The molecule has 578 valence electrons. The van der Waals surface area contributed by atoms with Gasteiger partial charge >= 0.3 is 25.7 Å². The Morgan fingerprint density at radius 1 is 0.414 bits per heavy atom. The Balaban J connectivity index is 1.75. The summed E-state index contributed by atoms with van der Waals surface area (Å²) in [5.74, 6) is -2.25. The molecule has 25 heteroatoms. The lowest BCUT2D eigenvalue weighted by molar-refractivity contribution is -0.360. The van der Waals surface area contributed by atoms with Crippen molar-refractivity contribution in [2.45, 2.75) is 388 Å². The molecule has 1 aliphatic carbocycles. The zero-order chi connectivity index (χ0) is 72.5. The molecule has 18 atom stereocenters. The Bertz CT molecular complexity index is 2190. The molecule has 2 heterocycles. The lowest BCUT2D eigenvalue weighted by Crippen LogP contribution is -2.69. The van der Waals surface area contributed by atoms with Crippen LogP contribution in [-0.4, -0.2) is 204 Å². The van der Waals surface area contributed by atoms with Crippen LogP contribution in [0.5, 0.6) is 0 Å². The summed E-state index contributed by atoms with van der Waals surface area (Å²) >= 11 is 0. The molecule has 99 heavy (non-hydrogen) atoms. The molecule has 3 fully saturated rings. The van der Waals surface area contributed by atoms with Gasteiger partial charge in [0.05, 0.1) is 13.2 Å². The number of aliphatic hydroxyl groups is 10. The third-order valence-electron chi connectivity index (χ3n) is 18.8. The Labute approximate surface area is 591 Å². The second kappa shape index (κ2) is 55.6. The van der Waals surface area contributed by atoms with Gasteiger partial charge in [0.1, 0.15) is 98.7 Å². The van der Waals surface area contributed by atoms with Gasteiger partial charge in [-0.1, -0.05) is 250 Å². The number of unbranched alkanes of at least 4 members (excludes halogenated alkanes) is 35. The highest BCUT2D eigenvalue weighted by Crippen LogP contribution is 2.49. The van der Waals surface area contributed by atoms with Crippen molar-refractivity contribution in [2.24, 2.45) is 0 Å². The predicted octanol–water partition coefficient (Wildman–Crippen LogP) is 10.7. The molecule has 0 bridgehead atoms. The van der Waals surface area contributed by atoms with Crippen LogP contribution in [-0.2, 0) is 61.2 Å². The summed E-state index contributed by atoms with van der Waals surface area (Å²) in [5, 5.41) is 110. The largest absolute Gasteiger partial charge is 0.472 e. The van der Waals surface area contributed by atoms with E-state index in [0.29, 0.717) is 12.8 Å². The van der Waals surface area contributed by atoms with Crippen LogP contribution >= 0.6 is 7.82 Å². The van der Waals surface area contributed by atoms with Crippen LogP contribution in [0.4, 0.5) is 0 Å². The Kier molecular flexibility index (Phi) is 50.8. The molecule has 18 unspecified atom stereocenters. The first-order chi connectivity index (χ1) is 47.8. The lowest BCUT2D eigenvalue weighted by atomic mass is 9.84. The monoisotopic (exact) mass is 1440 g/mol. The van der Waals surface area contributed by atoms with Gasteiger partial charge in [0.25, 0.3) is 0 Å². The number of phosphoric ester groups is 1. The van der Waals surface area contributed by atoms with Gasteiger partial charge in [-0.25, -0.2) is 9.36 Å². The minimum Gasteiger partial charge on any atom is -0.463 e. The van der Waals surface area contributed by atoms with E-state index < -0.39 is 156 Å². The normalized spacial score (nSPS) is 27.7. The second-order valence-corrected chi connectivity index (χ2v) is 28.8. The molecule has 11 N–H and O–H groups in total. The molecule has 3 aliphatic rings. The summed E-state index contributed by atoms with van der Waals surface area (Å²) < 4.78 is 64.8. The molecule has 0 spiro atoms. The number of esters is 3. The van der Waals surface area contributed by atoms with Gasteiger partial charge in [0.2, 0.25) is 0 Å². The van der Waals surface area contributed by atoms with E-state index in [1.54, 1.807) is 6.08 Å². The van der Waals surface area contributed by atoms with Crippen LogP contribution in [0.2, 0.25) is 0 Å². The summed E-state index contributed by atoms with van der Waals surface area (Å²) in [5.41, 5.74) is 0. The molecule has 2 saturated heterocycles. The first-order valence-corrected chi connectivity index (χ1v) is 39.8. The smallest absolute Gasteiger partial charge is 0.463 e. The summed E-state index contributed by atoms with van der Waals surface area (Å²) in [4.78, 5) is 50.9. The zero-order valence-corrected chi connectivity index (χ0v) is 61.2. The quantitative estimate of drug-likeness (QED) is 0.00512. The van der Waals surface area contributed by atoms with Crippen LogP contribution in [0.25, 0.3) is 0 Å². The van der Waals surface area contributed by atoms with Crippen molar-refractivity contribution < 1.29 is 117 Å². The average molecular weight is 1440 g/mol. The van der Waals surface area contributed by atoms with Crippen molar-refractivity contribution in [2.75, 3.05) is 26.4 Å². The Morgan fingerprint density at radius 3 is 1.21 bits per heavy atom. The first kappa shape index (κ1) is 90.4. The Hall–Kier alpha value is -2.82. The third kappa shape index (κ3) is 38.7. The van der Waals surface area contributed by atoms with Gasteiger partial charge in [-0.05, 0) is 51.4 Å². The fourth-order valence-corrected chi connectivity index (χ4v) is 13.4. The molecule has 24 nitrogen and oxygen atoms in total. The number of allylic oxidation sites excluding steroid dienone is 5. The summed E-state index contributed by atoms with van der Waals surface area (Å²) in [6.45, 7) is 3.33. The van der Waals surface area contributed by atoms with Gasteiger partial charge in [0, 0.05) is 18.9 Å². The fraction of sp³-hybridized carbons (Fsp3) is 0.878. The van der Waals surface area contributed by atoms with Crippen molar-refractivity contribution in [1.29, 1.82) is 0 Å². The van der Waals surface area contributed by atoms with Crippen molar-refractivity contribution >= 4 is 25.7 Å². The molecule has 0 radical (unpaired) electrons. The summed E-state index contributed by atoms with van der Waals surface area (Å²) in [6.07, 6.45) is 18.4. The second-order valence-electron chi connectivity index (χ2n) is 27.4. The van der Waals surface area contributed by atoms with Gasteiger partial charge in [-0.2, -0.15) is 0 Å². The van der Waals surface area contributed by atoms with E-state index >= 15 is 0 Å². The van der Waals surface area contributed by atoms with E-state index in [9.17, 15) is 74.9 Å². The minimum absolute atomic E-state index is 0.0201. The van der Waals surface area contributed by atoms with Crippen LogP contribution in [0.3, 0.4) is 0 Å². The Morgan fingerprint density at radius 2 is 0.778 bits per heavy atom. The first-order valence-electron chi connectivity index (χ1n) is 38.3. The molecule has 3 rings (SSSR count). The number of phosphoric acid groups is 1. The van der Waals surface area contributed by atoms with Crippen LogP contribution in [0.15, 0.2) is 36.5 Å². The summed E-state index contributed by atoms with van der Waals surface area (Å²) in [7, 11) is -5.72. The van der Waals surface area contributed by atoms with E-state index in [2.05, 4.69) is 32.9 Å². The highest BCUT2D eigenvalue weighted by Gasteiger charge is 2.58. The SMILES string of the molecule is CCCCCC/C=C\CCCCCCCCCC(=O)OCC(COP(=O)(O)OC1C(OC2OC(CO)C(O)C(O)C2O)C(O)C(O)C(O)C1OC1OC(COC(=O)CCCCCCCCCCCCCCCC)C(O)C(O)C1O)OC(=O)/C=C/C=C/CCCCCCCCCCCCC. The summed E-state index contributed by atoms with van der Waals surface area (Å²) in [6, 6.07) is 0. The number of carbonyl (C=O) groups is 3. The van der Waals surface area contributed by atoms with Gasteiger partial charge < -0.3 is 89.1 Å². The molecule has 0 aromatic heterocycles. The highest BCUT2D eigenvalue weighted by atomic mass is 31.2. The number of carbonyl (C=O) groups excluding carboxylic acids is 3. The molecule has 0 aromatic rings. The van der Waals surface area contributed by atoms with Gasteiger partial charge in [0.15, 0.2) is 18.7 Å². The lowest BCUT2D eigenvalue weighted by Gasteiger charge is -2.49. The number of ether oxygens (including phenoxy) is 7. The number of aliphatic hydroxyl groups excluding tert-OH is 10. The topological polar surface area (TPSA) is 374 Å². The van der Waals surface area contributed by atoms with Crippen molar-refractivity contribution in [1.82, 2.24) is 0 Å². The van der Waals surface area contributed by atoms with Gasteiger partial charge in [-0.3, -0.25) is 18.6 Å². The predicted molar refractivity (Wildman–Crippen MR) is 374 cm³/mol. The number of hydrogen-bond donors (Lipinski definition) is 11. The maximum atomic E-state index is 14.3. The van der Waals surface area contributed by atoms with Crippen LogP contribution in [0, 0.1) is 0 Å². The fourth-order valence-electron chi connectivity index (χ4n) is 12.5. The van der Waals surface area contributed by atoms with E-state index in [1.165, 1.54) is 134 Å². The molecule has 0 amide bonds. The van der Waals surface area contributed by atoms with Crippen molar-refractivity contribution in [3.63, 3.8) is 0 Å². The van der Waals surface area contributed by atoms with E-state index in [4.69, 9.17) is 42.2 Å². The van der Waals surface area contributed by atoms with Crippen molar-refractivity contribution in [3.05, 3.63) is 36.5 Å². The molecule has 0 aromatic carbocycles. The van der Waals surface area contributed by atoms with Crippen molar-refractivity contribution in [3.8, 4) is 0 Å². The molecule has 1 saturated carbocycles. The number of hydrogen-bond acceptors (Lipinski definition) is 23. The minimum atomic E-state index is -5.72. The average Bonchev–Trinajstić information content (AvgIpc) is 0.763. The number of rotatable bonds is 59. The van der Waals surface area contributed by atoms with Crippen LogP contribution in [0.1, 0.15) is 284 Å². The van der Waals surface area contributed by atoms with Crippen LogP contribution < -0.4 is 0 Å². The molecule has 2 aliphatic heterocycles. The van der Waals surface area contributed by atoms with Gasteiger partial charge in [-0.15, -0.1) is 0 Å². The standard InChI is InChI=1S/C74H133O24P/c1-4-7-10-13-16-19-22-25-28-31-34-36-39-42-45-48-58(76)90-52-55(93-60(78)50-47-44-41-38-35-32-29-26-23-20-17-14-11-8-5-2)53-92-99(88,89)98-72-70(96-73-68(86)63(81)61(79)56(51-75)94-73)66(84)65(83)67(85)71(72)97-74-69(87)64(82)62(80)57(95-74)54-91-59(77)49-46-43-40-37-33-30-27-24-21-18-15-12-9-6-3/h19,22,41,44,47,50,55-57,61-75,79-87H,4-18,20-21,23-40,42-43,45-46,48-49,51-54H2,1-3H3,(H,88,89)/b22-19-,44-41+,50-47+. The maximum absolute atomic E-state index is 14.3. The third-order valence-corrected chi connectivity index (χ3v) is 19.7. The highest BCUT2D eigenvalue weighted by molar-refractivity contribution is 7.47. The van der Waals surface area contributed by atoms with E-state index in [1.807, 2.05) is 6.08 Å². The zero-order valence-electron chi connectivity index (χ0n) is 60.3. The molecular formula is C74H133O24P. The molecular weight excluding hydrogens is 1300 g/mol. The maximum Gasteiger partial charge on any atom is 0.472 e.